The van der Waals surface area contributed by atoms with Crippen molar-refractivity contribution in [3.8, 4) is 0 Å². The van der Waals surface area contributed by atoms with E-state index >= 15 is 0 Å². The van der Waals surface area contributed by atoms with Crippen molar-refractivity contribution in [3.05, 3.63) is 46.0 Å². The van der Waals surface area contributed by atoms with Gasteiger partial charge in [-0.25, -0.2) is 15.0 Å². The van der Waals surface area contributed by atoms with E-state index in [1.807, 2.05) is 0 Å². The molecule has 7 heteroatoms. The summed E-state index contributed by atoms with van der Waals surface area (Å²) in [7, 11) is 0. The van der Waals surface area contributed by atoms with Crippen LogP contribution in [0.5, 0.6) is 0 Å². The van der Waals surface area contributed by atoms with Gasteiger partial charge >= 0.3 is 0 Å². The number of piperidine rings is 1. The molecule has 24 heavy (non-hydrogen) atoms. The number of aromatic amines is 1. The molecule has 0 aromatic carbocycles. The molecular weight excluding hydrogens is 304 g/mol. The van der Waals surface area contributed by atoms with E-state index in [1.54, 1.807) is 12.4 Å². The van der Waals surface area contributed by atoms with Crippen LogP contribution in [0.4, 0.5) is 5.82 Å². The van der Waals surface area contributed by atoms with E-state index in [0.717, 1.165) is 63.4 Å². The molecule has 0 bridgehead atoms. The fourth-order valence-electron chi connectivity index (χ4n) is 3.75. The van der Waals surface area contributed by atoms with E-state index in [9.17, 15) is 4.79 Å². The minimum Gasteiger partial charge on any atom is -0.356 e. The summed E-state index contributed by atoms with van der Waals surface area (Å²) >= 11 is 0. The average Bonchev–Trinajstić information content (AvgIpc) is 2.87. The molecule has 2 aliphatic heterocycles. The highest BCUT2D eigenvalue weighted by molar-refractivity contribution is 5.50. The molecule has 7 nitrogen and oxygen atoms in total. The Labute approximate surface area is 140 Å². The van der Waals surface area contributed by atoms with Gasteiger partial charge < -0.3 is 15.2 Å². The quantitative estimate of drug-likeness (QED) is 0.842. The van der Waals surface area contributed by atoms with Crippen molar-refractivity contribution in [2.75, 3.05) is 31.1 Å². The number of rotatable bonds is 2. The molecule has 1 saturated heterocycles. The lowest BCUT2D eigenvalue weighted by atomic mass is 9.94. The van der Waals surface area contributed by atoms with Crippen LogP contribution >= 0.6 is 0 Å². The zero-order valence-corrected chi connectivity index (χ0v) is 13.7. The summed E-state index contributed by atoms with van der Waals surface area (Å²) in [6.45, 7) is 3.80. The van der Waals surface area contributed by atoms with E-state index < -0.39 is 0 Å². The zero-order chi connectivity index (χ0) is 16.4. The number of aromatic nitrogens is 4. The number of anilines is 1. The minimum atomic E-state index is -0.0842. The highest BCUT2D eigenvalue weighted by Gasteiger charge is 2.26. The molecule has 2 aliphatic rings. The van der Waals surface area contributed by atoms with Crippen LogP contribution in [-0.4, -0.2) is 46.1 Å². The van der Waals surface area contributed by atoms with Crippen LogP contribution in [-0.2, 0) is 12.8 Å². The molecular formula is C17H22N6O. The molecule has 0 saturated carbocycles. The minimum absolute atomic E-state index is 0.0842. The molecule has 126 valence electrons. The Morgan fingerprint density at radius 1 is 1.17 bits per heavy atom. The van der Waals surface area contributed by atoms with Crippen LogP contribution in [0.25, 0.3) is 0 Å². The Morgan fingerprint density at radius 3 is 3.00 bits per heavy atom. The first-order chi connectivity index (χ1) is 11.8. The summed E-state index contributed by atoms with van der Waals surface area (Å²) in [5, 5.41) is 3.43. The van der Waals surface area contributed by atoms with Crippen LogP contribution in [0.3, 0.4) is 0 Å². The number of nitrogens with one attached hydrogen (secondary N) is 2. The van der Waals surface area contributed by atoms with Crippen molar-refractivity contribution in [1.29, 1.82) is 0 Å². The second kappa shape index (κ2) is 6.68. The molecule has 1 unspecified atom stereocenters. The molecule has 1 atom stereocenters. The van der Waals surface area contributed by atoms with Crippen LogP contribution in [0.15, 0.2) is 23.5 Å². The molecule has 2 aromatic heterocycles. The van der Waals surface area contributed by atoms with E-state index in [-0.39, 0.29) is 11.5 Å². The van der Waals surface area contributed by atoms with Crippen molar-refractivity contribution >= 4 is 5.82 Å². The van der Waals surface area contributed by atoms with Crippen LogP contribution < -0.4 is 15.8 Å². The molecule has 4 rings (SSSR count). The van der Waals surface area contributed by atoms with Gasteiger partial charge in [-0.1, -0.05) is 0 Å². The maximum atomic E-state index is 11.6. The molecule has 0 radical (unpaired) electrons. The smallest absolute Gasteiger partial charge is 0.250 e. The Morgan fingerprint density at radius 2 is 2.08 bits per heavy atom. The van der Waals surface area contributed by atoms with Crippen molar-refractivity contribution in [3.63, 3.8) is 0 Å². The van der Waals surface area contributed by atoms with E-state index in [2.05, 4.69) is 30.2 Å². The first-order valence-electron chi connectivity index (χ1n) is 8.64. The number of nitrogens with zero attached hydrogens (tertiary/aromatic N) is 4. The number of hydrogen-bond acceptors (Lipinski definition) is 6. The first-order valence-corrected chi connectivity index (χ1v) is 8.64. The Balaban J connectivity index is 1.62. The monoisotopic (exact) mass is 326 g/mol. The van der Waals surface area contributed by atoms with Gasteiger partial charge in [0.25, 0.3) is 5.56 Å². The van der Waals surface area contributed by atoms with Crippen LogP contribution in [0.1, 0.15) is 35.7 Å². The molecule has 0 spiro atoms. The lowest BCUT2D eigenvalue weighted by Crippen LogP contribution is -2.36. The van der Waals surface area contributed by atoms with Gasteiger partial charge in [0, 0.05) is 43.6 Å². The SMILES string of the molecule is O=c1cc(C2CCCN(c3ncnc4c3CCNCC4)C2)nc[nH]1. The third-order valence-corrected chi connectivity index (χ3v) is 4.94. The van der Waals surface area contributed by atoms with Gasteiger partial charge in [0.2, 0.25) is 0 Å². The maximum Gasteiger partial charge on any atom is 0.250 e. The van der Waals surface area contributed by atoms with E-state index in [1.165, 1.54) is 17.6 Å². The van der Waals surface area contributed by atoms with Crippen LogP contribution in [0.2, 0.25) is 0 Å². The second-order valence-electron chi connectivity index (χ2n) is 6.49. The van der Waals surface area contributed by atoms with Gasteiger partial charge in [0.15, 0.2) is 0 Å². The lowest BCUT2D eigenvalue weighted by molar-refractivity contribution is 0.496. The van der Waals surface area contributed by atoms with Gasteiger partial charge in [0.05, 0.1) is 17.7 Å². The highest BCUT2D eigenvalue weighted by Crippen LogP contribution is 2.30. The summed E-state index contributed by atoms with van der Waals surface area (Å²) in [5.74, 6) is 1.34. The van der Waals surface area contributed by atoms with Gasteiger partial charge in [0.1, 0.15) is 12.1 Å². The predicted octanol–water partition coefficient (Wildman–Crippen LogP) is 0.632. The maximum absolute atomic E-state index is 11.6. The van der Waals surface area contributed by atoms with Gasteiger partial charge in [-0.3, -0.25) is 4.79 Å². The number of fused-ring (bicyclic) bond motifs is 1. The molecule has 0 aliphatic carbocycles. The molecule has 2 N–H and O–H groups in total. The summed E-state index contributed by atoms with van der Waals surface area (Å²) < 4.78 is 0. The van der Waals surface area contributed by atoms with Gasteiger partial charge in [-0.2, -0.15) is 0 Å². The average molecular weight is 326 g/mol. The first kappa shape index (κ1) is 15.3. The fourth-order valence-corrected chi connectivity index (χ4v) is 3.75. The molecule has 2 aromatic rings. The summed E-state index contributed by atoms with van der Waals surface area (Å²) in [5.41, 5.74) is 3.24. The highest BCUT2D eigenvalue weighted by atomic mass is 16.1. The third-order valence-electron chi connectivity index (χ3n) is 4.94. The molecule has 1 fully saturated rings. The Bertz CT molecular complexity index is 774. The van der Waals surface area contributed by atoms with Crippen LogP contribution in [0, 0.1) is 0 Å². The molecule has 0 amide bonds. The van der Waals surface area contributed by atoms with Gasteiger partial charge in [-0.15, -0.1) is 0 Å². The lowest BCUT2D eigenvalue weighted by Gasteiger charge is -2.34. The van der Waals surface area contributed by atoms with Crippen molar-refractivity contribution < 1.29 is 0 Å². The standard InChI is InChI=1S/C17H22N6O/c24-16-8-15(20-10-21-16)12-2-1-7-23(9-12)17-13-3-5-18-6-4-14(13)19-11-22-17/h8,10-12,18H,1-7,9H2,(H,20,21,24). The summed E-state index contributed by atoms with van der Waals surface area (Å²) in [4.78, 5) is 30.0. The summed E-state index contributed by atoms with van der Waals surface area (Å²) in [6, 6.07) is 1.62. The van der Waals surface area contributed by atoms with Gasteiger partial charge in [-0.05, 0) is 25.8 Å². The van der Waals surface area contributed by atoms with E-state index in [0.29, 0.717) is 0 Å². The van der Waals surface area contributed by atoms with E-state index in [4.69, 9.17) is 0 Å². The Hall–Kier alpha value is -2.28. The van der Waals surface area contributed by atoms with Crippen molar-refractivity contribution in [1.82, 2.24) is 25.3 Å². The fraction of sp³-hybridized carbons (Fsp3) is 0.529. The van der Waals surface area contributed by atoms with Crippen molar-refractivity contribution in [2.24, 2.45) is 0 Å². The predicted molar refractivity (Wildman–Crippen MR) is 91.4 cm³/mol. The molecule has 4 heterocycles. The Kier molecular flexibility index (Phi) is 4.25. The second-order valence-corrected chi connectivity index (χ2v) is 6.49. The topological polar surface area (TPSA) is 86.8 Å². The largest absolute Gasteiger partial charge is 0.356 e. The van der Waals surface area contributed by atoms with Crippen molar-refractivity contribution in [2.45, 2.75) is 31.6 Å². The summed E-state index contributed by atoms with van der Waals surface area (Å²) in [6.07, 6.45) is 7.25. The number of hydrogen-bond donors (Lipinski definition) is 2. The third kappa shape index (κ3) is 3.03. The number of H-pyrrole nitrogens is 1. The zero-order valence-electron chi connectivity index (χ0n) is 13.7. The normalized spacial score (nSPS) is 21.2.